The van der Waals surface area contributed by atoms with Gasteiger partial charge in [0, 0.05) is 37.8 Å². The first kappa shape index (κ1) is 22.1. The second kappa shape index (κ2) is 9.95. The van der Waals surface area contributed by atoms with E-state index in [4.69, 9.17) is 16.3 Å². The molecule has 0 saturated carbocycles. The molecule has 2 N–H and O–H groups in total. The van der Waals surface area contributed by atoms with Crippen molar-refractivity contribution in [3.8, 4) is 0 Å². The van der Waals surface area contributed by atoms with Crippen molar-refractivity contribution in [3.63, 3.8) is 0 Å². The number of amides is 2. The van der Waals surface area contributed by atoms with E-state index in [1.54, 1.807) is 36.1 Å². The van der Waals surface area contributed by atoms with Crippen molar-refractivity contribution in [3.05, 3.63) is 46.2 Å². The van der Waals surface area contributed by atoms with Crippen molar-refractivity contribution in [2.24, 2.45) is 0 Å². The Morgan fingerprint density at radius 2 is 2.03 bits per heavy atom. The van der Waals surface area contributed by atoms with Gasteiger partial charge in [-0.1, -0.05) is 23.7 Å². The van der Waals surface area contributed by atoms with E-state index in [0.29, 0.717) is 29.5 Å². The molecular weight excluding hydrogens is 406 g/mol. The van der Waals surface area contributed by atoms with Crippen molar-refractivity contribution in [2.75, 3.05) is 38.1 Å². The Labute approximate surface area is 181 Å². The Kier molecular flexibility index (Phi) is 7.33. The number of para-hydroxylation sites is 1. The van der Waals surface area contributed by atoms with E-state index < -0.39 is 5.97 Å². The van der Waals surface area contributed by atoms with Gasteiger partial charge in [-0.25, -0.2) is 9.59 Å². The minimum absolute atomic E-state index is 0.101. The summed E-state index contributed by atoms with van der Waals surface area (Å²) in [6.45, 7) is 8.85. The standard InChI is InChI=1S/C21H28ClN5O3/c1-4-30-20(28)16-8-5-6-9-17(16)23-21(29)27-11-7-10-26(12-13-27)15(3)18-14(2)24-25-19(18)22/h5-6,8-9,15H,4,7,10-13H2,1-3H3,(H,23,29)(H,24,25). The summed E-state index contributed by atoms with van der Waals surface area (Å²) in [5.74, 6) is -0.448. The van der Waals surface area contributed by atoms with Crippen LogP contribution >= 0.6 is 11.6 Å². The molecule has 1 saturated heterocycles. The fourth-order valence-electron chi connectivity index (χ4n) is 3.78. The topological polar surface area (TPSA) is 90.6 Å². The first-order valence-electron chi connectivity index (χ1n) is 10.2. The van der Waals surface area contributed by atoms with Gasteiger partial charge in [-0.05, 0) is 39.3 Å². The highest BCUT2D eigenvalue weighted by molar-refractivity contribution is 6.30. The Morgan fingerprint density at radius 1 is 1.27 bits per heavy atom. The number of hydrogen-bond donors (Lipinski definition) is 2. The molecule has 3 rings (SSSR count). The molecule has 1 unspecified atom stereocenters. The van der Waals surface area contributed by atoms with E-state index in [0.717, 1.165) is 30.8 Å². The number of anilines is 1. The largest absolute Gasteiger partial charge is 0.462 e. The number of aromatic amines is 1. The Hall–Kier alpha value is -2.58. The first-order chi connectivity index (χ1) is 14.4. The van der Waals surface area contributed by atoms with Crippen LogP contribution < -0.4 is 5.32 Å². The van der Waals surface area contributed by atoms with E-state index in [1.165, 1.54) is 0 Å². The van der Waals surface area contributed by atoms with Gasteiger partial charge in [0.25, 0.3) is 0 Å². The maximum atomic E-state index is 12.9. The van der Waals surface area contributed by atoms with Crippen LogP contribution in [0, 0.1) is 6.92 Å². The number of aromatic nitrogens is 2. The minimum atomic E-state index is -0.448. The molecular formula is C21H28ClN5O3. The number of halogens is 1. The normalized spacial score (nSPS) is 16.1. The van der Waals surface area contributed by atoms with Crippen LogP contribution in [-0.4, -0.2) is 64.8 Å². The molecule has 1 aromatic carbocycles. The number of rotatable bonds is 5. The highest BCUT2D eigenvalue weighted by atomic mass is 35.5. The molecule has 0 aliphatic carbocycles. The number of carbonyl (C=O) groups is 2. The summed E-state index contributed by atoms with van der Waals surface area (Å²) in [5.41, 5.74) is 2.69. The van der Waals surface area contributed by atoms with Gasteiger partial charge in [0.15, 0.2) is 0 Å². The lowest BCUT2D eigenvalue weighted by atomic mass is 10.1. The number of H-pyrrole nitrogens is 1. The molecule has 0 bridgehead atoms. The van der Waals surface area contributed by atoms with E-state index in [2.05, 4.69) is 27.3 Å². The monoisotopic (exact) mass is 433 g/mol. The predicted octanol–water partition coefficient (Wildman–Crippen LogP) is 3.85. The molecule has 8 nitrogen and oxygen atoms in total. The van der Waals surface area contributed by atoms with Gasteiger partial charge in [-0.3, -0.25) is 10.00 Å². The average Bonchev–Trinajstić information content (AvgIpc) is 2.93. The average molecular weight is 434 g/mol. The van der Waals surface area contributed by atoms with Gasteiger partial charge in [0.05, 0.1) is 23.6 Å². The van der Waals surface area contributed by atoms with Crippen LogP contribution in [0.25, 0.3) is 0 Å². The molecule has 1 aliphatic heterocycles. The van der Waals surface area contributed by atoms with Crippen LogP contribution in [0.1, 0.15) is 47.9 Å². The molecule has 1 aromatic heterocycles. The third-order valence-corrected chi connectivity index (χ3v) is 5.68. The smallest absolute Gasteiger partial charge is 0.340 e. The Morgan fingerprint density at radius 3 is 2.73 bits per heavy atom. The predicted molar refractivity (Wildman–Crippen MR) is 116 cm³/mol. The summed E-state index contributed by atoms with van der Waals surface area (Å²) in [7, 11) is 0. The van der Waals surface area contributed by atoms with Crippen LogP contribution in [0.4, 0.5) is 10.5 Å². The number of nitrogens with one attached hydrogen (secondary N) is 2. The van der Waals surface area contributed by atoms with Crippen molar-refractivity contribution >= 4 is 29.3 Å². The Balaban J connectivity index is 1.65. The summed E-state index contributed by atoms with van der Waals surface area (Å²) in [5, 5.41) is 10.4. The third kappa shape index (κ3) is 4.94. The second-order valence-corrected chi connectivity index (χ2v) is 7.66. The van der Waals surface area contributed by atoms with Gasteiger partial charge in [-0.2, -0.15) is 5.10 Å². The zero-order valence-corrected chi connectivity index (χ0v) is 18.3. The fourth-order valence-corrected chi connectivity index (χ4v) is 4.12. The molecule has 9 heteroatoms. The number of ether oxygens (including phenoxy) is 1. The quantitative estimate of drug-likeness (QED) is 0.699. The van der Waals surface area contributed by atoms with Gasteiger partial charge in [0.1, 0.15) is 5.15 Å². The van der Waals surface area contributed by atoms with Crippen LogP contribution in [-0.2, 0) is 4.74 Å². The summed E-state index contributed by atoms with van der Waals surface area (Å²) in [4.78, 5) is 29.1. The number of esters is 1. The third-order valence-electron chi connectivity index (χ3n) is 5.40. The number of hydrogen-bond acceptors (Lipinski definition) is 5. The maximum Gasteiger partial charge on any atom is 0.340 e. The summed E-state index contributed by atoms with van der Waals surface area (Å²) >= 11 is 6.28. The molecule has 30 heavy (non-hydrogen) atoms. The van der Waals surface area contributed by atoms with Crippen molar-refractivity contribution in [2.45, 2.75) is 33.2 Å². The number of aryl methyl sites for hydroxylation is 1. The molecule has 2 amide bonds. The van der Waals surface area contributed by atoms with Crippen LogP contribution in [0.3, 0.4) is 0 Å². The van der Waals surface area contributed by atoms with E-state index in [1.807, 2.05) is 6.92 Å². The molecule has 1 aliphatic rings. The SMILES string of the molecule is CCOC(=O)c1ccccc1NC(=O)N1CCCN(C(C)c2c(C)n[nH]c2Cl)CC1. The van der Waals surface area contributed by atoms with Crippen LogP contribution in [0.15, 0.2) is 24.3 Å². The summed E-state index contributed by atoms with van der Waals surface area (Å²) in [6, 6.07) is 6.76. The number of carbonyl (C=O) groups excluding carboxylic acids is 2. The fraction of sp³-hybridized carbons (Fsp3) is 0.476. The highest BCUT2D eigenvalue weighted by Gasteiger charge is 2.26. The van der Waals surface area contributed by atoms with Gasteiger partial charge in [0.2, 0.25) is 0 Å². The van der Waals surface area contributed by atoms with E-state index in [9.17, 15) is 9.59 Å². The number of benzene rings is 1. The molecule has 2 aromatic rings. The van der Waals surface area contributed by atoms with E-state index in [-0.39, 0.29) is 18.7 Å². The molecule has 0 spiro atoms. The zero-order valence-electron chi connectivity index (χ0n) is 17.6. The summed E-state index contributed by atoms with van der Waals surface area (Å²) in [6.07, 6.45) is 0.839. The van der Waals surface area contributed by atoms with Crippen LogP contribution in [0.2, 0.25) is 5.15 Å². The minimum Gasteiger partial charge on any atom is -0.462 e. The molecule has 1 fully saturated rings. The van der Waals surface area contributed by atoms with Crippen LogP contribution in [0.5, 0.6) is 0 Å². The molecule has 2 heterocycles. The molecule has 162 valence electrons. The van der Waals surface area contributed by atoms with Gasteiger partial charge in [-0.15, -0.1) is 0 Å². The van der Waals surface area contributed by atoms with E-state index >= 15 is 0 Å². The second-order valence-electron chi connectivity index (χ2n) is 7.29. The van der Waals surface area contributed by atoms with Crippen molar-refractivity contribution in [1.29, 1.82) is 0 Å². The highest BCUT2D eigenvalue weighted by Crippen LogP contribution is 2.29. The van der Waals surface area contributed by atoms with Crippen molar-refractivity contribution in [1.82, 2.24) is 20.0 Å². The Bertz CT molecular complexity index is 881. The molecule has 1 atom stereocenters. The molecule has 0 radical (unpaired) electrons. The lowest BCUT2D eigenvalue weighted by Gasteiger charge is -2.28. The van der Waals surface area contributed by atoms with Crippen molar-refractivity contribution < 1.29 is 14.3 Å². The lowest BCUT2D eigenvalue weighted by molar-refractivity contribution is 0.0527. The maximum absolute atomic E-state index is 12.9. The number of nitrogens with zero attached hydrogens (tertiary/aromatic N) is 3. The van der Waals surface area contributed by atoms with Gasteiger partial charge < -0.3 is 15.0 Å². The number of urea groups is 1. The summed E-state index contributed by atoms with van der Waals surface area (Å²) < 4.78 is 5.08. The lowest BCUT2D eigenvalue weighted by Crippen LogP contribution is -2.38. The first-order valence-corrected chi connectivity index (χ1v) is 10.6. The zero-order chi connectivity index (χ0) is 21.7. The van der Waals surface area contributed by atoms with Gasteiger partial charge >= 0.3 is 12.0 Å².